The topological polar surface area (TPSA) is 145 Å². The first-order chi connectivity index (χ1) is 27.0. The van der Waals surface area contributed by atoms with E-state index in [9.17, 15) is 24.3 Å². The van der Waals surface area contributed by atoms with Gasteiger partial charge in [-0.15, -0.1) is 0 Å². The van der Waals surface area contributed by atoms with E-state index in [1.807, 2.05) is 30.3 Å². The molecule has 0 aromatic heterocycles. The molecule has 0 heterocycles. The van der Waals surface area contributed by atoms with Crippen LogP contribution in [0.4, 0.5) is 0 Å². The van der Waals surface area contributed by atoms with Gasteiger partial charge in [-0.3, -0.25) is 14.4 Å². The van der Waals surface area contributed by atoms with E-state index in [4.69, 9.17) is 15.2 Å². The maximum absolute atomic E-state index is 13.6. The van der Waals surface area contributed by atoms with Gasteiger partial charge in [0.15, 0.2) is 0 Å². The van der Waals surface area contributed by atoms with Crippen LogP contribution < -0.4 is 11.1 Å². The Bertz CT molecular complexity index is 1140. The number of rotatable bonds is 37. The number of aliphatic hydroxyl groups is 1. The molecule has 9 nitrogen and oxygen atoms in total. The van der Waals surface area contributed by atoms with Crippen molar-refractivity contribution in [2.45, 2.75) is 226 Å². The van der Waals surface area contributed by atoms with E-state index in [0.29, 0.717) is 12.8 Å². The van der Waals surface area contributed by atoms with Crippen molar-refractivity contribution in [3.05, 3.63) is 35.9 Å². The smallest absolute Gasteiger partial charge is 0.328 e. The van der Waals surface area contributed by atoms with E-state index in [0.717, 1.165) is 50.0 Å². The number of hydrogen-bond donors (Lipinski definition) is 3. The van der Waals surface area contributed by atoms with Gasteiger partial charge in [0, 0.05) is 6.42 Å². The van der Waals surface area contributed by atoms with Crippen LogP contribution in [0.3, 0.4) is 0 Å². The lowest BCUT2D eigenvalue weighted by Gasteiger charge is -2.24. The minimum atomic E-state index is -1.04. The van der Waals surface area contributed by atoms with E-state index >= 15 is 0 Å². The third-order valence-corrected chi connectivity index (χ3v) is 10.7. The lowest BCUT2D eigenvalue weighted by Crippen LogP contribution is -2.44. The van der Waals surface area contributed by atoms with E-state index in [1.165, 1.54) is 89.9 Å². The quantitative estimate of drug-likeness (QED) is 0.0450. The predicted octanol–water partition coefficient (Wildman–Crippen LogP) is 10.8. The zero-order valence-electron chi connectivity index (χ0n) is 36.0. The van der Waals surface area contributed by atoms with Gasteiger partial charge in [0.05, 0.1) is 18.9 Å². The van der Waals surface area contributed by atoms with Crippen LogP contribution in [0.5, 0.6) is 0 Å². The van der Waals surface area contributed by atoms with Gasteiger partial charge in [0.25, 0.3) is 0 Å². The number of carbonyl (C=O) groups excluding carboxylic acids is 4. The third-order valence-electron chi connectivity index (χ3n) is 10.7. The average molecular weight is 787 g/mol. The number of amides is 2. The summed E-state index contributed by atoms with van der Waals surface area (Å²) in [5.41, 5.74) is 6.44. The highest BCUT2D eigenvalue weighted by Gasteiger charge is 2.28. The molecule has 0 fully saturated rings. The Kier molecular flexibility index (Phi) is 31.1. The van der Waals surface area contributed by atoms with Crippen LogP contribution in [-0.4, -0.2) is 47.1 Å². The second kappa shape index (κ2) is 34.1. The molecule has 0 saturated heterocycles. The van der Waals surface area contributed by atoms with Crippen molar-refractivity contribution < 1.29 is 33.8 Å². The van der Waals surface area contributed by atoms with E-state index in [1.54, 1.807) is 0 Å². The van der Waals surface area contributed by atoms with Gasteiger partial charge < -0.3 is 25.6 Å². The van der Waals surface area contributed by atoms with E-state index < -0.39 is 42.0 Å². The SMILES string of the molecule is CCCCCCCCCCCC(C)C[C@@H](CC(N)=O)OC(=O)[C@H](CCCC(=O)OCc1ccccc1)NC(=O)C[C@@H](O)CCCCCCCCCCCC(C)C. The number of nitrogens with two attached hydrogens (primary N) is 1. The van der Waals surface area contributed by atoms with Crippen molar-refractivity contribution in [3.8, 4) is 0 Å². The minimum absolute atomic E-state index is 0.0632. The van der Waals surface area contributed by atoms with Gasteiger partial charge >= 0.3 is 11.9 Å². The Labute approximate surface area is 341 Å². The van der Waals surface area contributed by atoms with Crippen LogP contribution in [0.2, 0.25) is 0 Å². The molecule has 0 spiro atoms. The molecule has 1 rings (SSSR count). The maximum Gasteiger partial charge on any atom is 0.328 e. The Balaban J connectivity index is 2.63. The van der Waals surface area contributed by atoms with Crippen molar-refractivity contribution in [2.75, 3.05) is 0 Å². The van der Waals surface area contributed by atoms with Crippen LogP contribution in [0.25, 0.3) is 0 Å². The molecular formula is C47H82N2O7. The molecule has 0 bridgehead atoms. The molecule has 4 N–H and O–H groups in total. The first-order valence-electron chi connectivity index (χ1n) is 22.7. The number of nitrogens with one attached hydrogen (secondary N) is 1. The lowest BCUT2D eigenvalue weighted by molar-refractivity contribution is -0.155. The summed E-state index contributed by atoms with van der Waals surface area (Å²) in [7, 11) is 0. The van der Waals surface area contributed by atoms with Gasteiger partial charge in [-0.25, -0.2) is 4.79 Å². The largest absolute Gasteiger partial charge is 0.461 e. The first kappa shape index (κ1) is 51.1. The Morgan fingerprint density at radius 3 is 1.77 bits per heavy atom. The highest BCUT2D eigenvalue weighted by atomic mass is 16.5. The number of esters is 2. The number of hydrogen-bond acceptors (Lipinski definition) is 7. The fourth-order valence-corrected chi connectivity index (χ4v) is 7.26. The molecule has 9 heteroatoms. The van der Waals surface area contributed by atoms with Gasteiger partial charge in [-0.1, -0.05) is 186 Å². The molecular weight excluding hydrogens is 705 g/mol. The van der Waals surface area contributed by atoms with Gasteiger partial charge in [-0.05, 0) is 43.1 Å². The molecule has 0 radical (unpaired) electrons. The van der Waals surface area contributed by atoms with Crippen molar-refractivity contribution in [3.63, 3.8) is 0 Å². The summed E-state index contributed by atoms with van der Waals surface area (Å²) in [6.07, 6.45) is 23.9. The van der Waals surface area contributed by atoms with Crippen molar-refractivity contribution in [1.82, 2.24) is 5.32 Å². The lowest BCUT2D eigenvalue weighted by atomic mass is 9.95. The molecule has 1 aromatic carbocycles. The molecule has 4 atom stereocenters. The fraction of sp³-hybridized carbons (Fsp3) is 0.787. The summed E-state index contributed by atoms with van der Waals surface area (Å²) < 4.78 is 11.3. The Hall–Kier alpha value is -2.94. The zero-order chi connectivity index (χ0) is 41.2. The molecule has 0 aliphatic rings. The number of benzene rings is 1. The molecule has 322 valence electrons. The monoisotopic (exact) mass is 787 g/mol. The predicted molar refractivity (Wildman–Crippen MR) is 228 cm³/mol. The van der Waals surface area contributed by atoms with Crippen molar-refractivity contribution >= 4 is 23.8 Å². The molecule has 0 aliphatic carbocycles. The fourth-order valence-electron chi connectivity index (χ4n) is 7.26. The molecule has 0 saturated carbocycles. The summed E-state index contributed by atoms with van der Waals surface area (Å²) in [5, 5.41) is 13.4. The average Bonchev–Trinajstić information content (AvgIpc) is 3.15. The normalized spacial score (nSPS) is 13.5. The first-order valence-corrected chi connectivity index (χ1v) is 22.7. The van der Waals surface area contributed by atoms with Gasteiger partial charge in [0.1, 0.15) is 18.8 Å². The third kappa shape index (κ3) is 30.2. The number of primary amides is 1. The maximum atomic E-state index is 13.6. The minimum Gasteiger partial charge on any atom is -0.461 e. The van der Waals surface area contributed by atoms with Crippen LogP contribution >= 0.6 is 0 Å². The van der Waals surface area contributed by atoms with Gasteiger partial charge in [-0.2, -0.15) is 0 Å². The van der Waals surface area contributed by atoms with Crippen LogP contribution in [-0.2, 0) is 35.3 Å². The molecule has 0 aliphatic heterocycles. The van der Waals surface area contributed by atoms with E-state index in [2.05, 4.69) is 33.0 Å². The Morgan fingerprint density at radius 2 is 1.21 bits per heavy atom. The molecule has 1 unspecified atom stereocenters. The van der Waals surface area contributed by atoms with Gasteiger partial charge in [0.2, 0.25) is 11.8 Å². The zero-order valence-corrected chi connectivity index (χ0v) is 36.0. The second-order valence-corrected chi connectivity index (χ2v) is 16.9. The molecule has 1 aromatic rings. The number of aliphatic hydroxyl groups excluding tert-OH is 1. The van der Waals surface area contributed by atoms with Crippen molar-refractivity contribution in [1.29, 1.82) is 0 Å². The highest BCUT2D eigenvalue weighted by Crippen LogP contribution is 2.21. The van der Waals surface area contributed by atoms with Crippen LogP contribution in [0.15, 0.2) is 30.3 Å². The van der Waals surface area contributed by atoms with Crippen molar-refractivity contribution in [2.24, 2.45) is 17.6 Å². The standard InChI is InChI=1S/C47H82N2O7/c1-5-6-7-8-9-11-15-18-22-28-39(4)34-42(36-44(48)51)56-47(54)43(32-26-33-46(53)55-37-40-29-23-20-24-30-40)49-45(52)35-41(50)31-25-19-16-13-10-12-14-17-21-27-38(2)3/h20,23-24,29-30,38-39,41-43,50H,5-19,21-22,25-28,31-37H2,1-4H3,(H2,48,51)(H,49,52)/t39?,41-,42-,43-/m0/s1. The van der Waals surface area contributed by atoms with Crippen LogP contribution in [0, 0.1) is 11.8 Å². The number of unbranched alkanes of at least 4 members (excludes halogenated alkanes) is 16. The summed E-state index contributed by atoms with van der Waals surface area (Å²) in [6.45, 7) is 9.04. The number of ether oxygens (including phenoxy) is 2. The molecule has 2 amide bonds. The number of carbonyl (C=O) groups is 4. The van der Waals surface area contributed by atoms with Crippen LogP contribution in [0.1, 0.15) is 207 Å². The summed E-state index contributed by atoms with van der Waals surface area (Å²) >= 11 is 0. The summed E-state index contributed by atoms with van der Waals surface area (Å²) in [6, 6.07) is 8.36. The summed E-state index contributed by atoms with van der Waals surface area (Å²) in [4.78, 5) is 51.2. The van der Waals surface area contributed by atoms with E-state index in [-0.39, 0.29) is 44.6 Å². The highest BCUT2D eigenvalue weighted by molar-refractivity contribution is 5.85. The second-order valence-electron chi connectivity index (χ2n) is 16.9. The molecule has 56 heavy (non-hydrogen) atoms. The Morgan fingerprint density at radius 1 is 0.679 bits per heavy atom. The summed E-state index contributed by atoms with van der Waals surface area (Å²) in [5.74, 6) is -1.06.